The predicted octanol–water partition coefficient (Wildman–Crippen LogP) is 7.45. The lowest BCUT2D eigenvalue weighted by Crippen LogP contribution is -2.25. The van der Waals surface area contributed by atoms with Crippen LogP contribution in [0.15, 0.2) is 59.8 Å². The van der Waals surface area contributed by atoms with Crippen LogP contribution in [0.1, 0.15) is 42.5 Å². The minimum Gasteiger partial charge on any atom is -0.490 e. The standard InChI is InChI=1S/C31H30Cl2F3N5O5S/c1-4-44-24-12-18(13-25(45-5-2)28(24)46-6-3)29(43)37-16-26-39-40-30(41(26)21-9-7-8-20(32)15-21)47-17-27(42)38-23-14-19(31(34,35)36)10-11-22(23)33/h7-15H,4-6,16-17H2,1-3H3,(H,37,43)(H,38,42). The molecular formula is C31H30Cl2F3N5O5S. The van der Waals surface area contributed by atoms with E-state index in [-0.39, 0.29) is 33.7 Å². The fourth-order valence-corrected chi connectivity index (χ4v) is 5.40. The highest BCUT2D eigenvalue weighted by molar-refractivity contribution is 7.99. The van der Waals surface area contributed by atoms with Gasteiger partial charge in [0, 0.05) is 10.6 Å². The number of hydrogen-bond acceptors (Lipinski definition) is 8. The lowest BCUT2D eigenvalue weighted by atomic mass is 10.1. The second kappa shape index (κ2) is 16.1. The van der Waals surface area contributed by atoms with E-state index in [1.54, 1.807) is 41.0 Å². The van der Waals surface area contributed by atoms with Gasteiger partial charge in [0.1, 0.15) is 0 Å². The number of nitrogens with one attached hydrogen (secondary N) is 2. The molecule has 0 bridgehead atoms. The minimum atomic E-state index is -4.61. The van der Waals surface area contributed by atoms with Crippen LogP contribution in [0.5, 0.6) is 17.2 Å². The highest BCUT2D eigenvalue weighted by Gasteiger charge is 2.31. The highest BCUT2D eigenvalue weighted by Crippen LogP contribution is 2.39. The summed E-state index contributed by atoms with van der Waals surface area (Å²) in [6.07, 6.45) is -4.61. The summed E-state index contributed by atoms with van der Waals surface area (Å²) in [6.45, 7) is 6.41. The average molecular weight is 713 g/mol. The van der Waals surface area contributed by atoms with Gasteiger partial charge < -0.3 is 24.8 Å². The van der Waals surface area contributed by atoms with Gasteiger partial charge in [0.05, 0.1) is 54.1 Å². The zero-order valence-electron chi connectivity index (χ0n) is 25.4. The first kappa shape index (κ1) is 35.7. The van der Waals surface area contributed by atoms with Gasteiger partial charge in [-0.3, -0.25) is 14.2 Å². The predicted molar refractivity (Wildman–Crippen MR) is 173 cm³/mol. The van der Waals surface area contributed by atoms with E-state index in [2.05, 4.69) is 20.8 Å². The molecule has 0 saturated carbocycles. The number of ether oxygens (including phenoxy) is 3. The van der Waals surface area contributed by atoms with E-state index < -0.39 is 23.6 Å². The molecule has 4 aromatic rings. The van der Waals surface area contributed by atoms with Crippen LogP contribution >= 0.6 is 35.0 Å². The van der Waals surface area contributed by atoms with E-state index in [1.165, 1.54) is 0 Å². The van der Waals surface area contributed by atoms with Crippen molar-refractivity contribution in [2.45, 2.75) is 38.6 Å². The third-order valence-corrected chi connectivity index (χ3v) is 7.74. The summed E-state index contributed by atoms with van der Waals surface area (Å²) in [5.41, 5.74) is -0.325. The van der Waals surface area contributed by atoms with Crippen LogP contribution in [0.4, 0.5) is 18.9 Å². The topological polar surface area (TPSA) is 117 Å². The quantitative estimate of drug-likeness (QED) is 0.130. The third kappa shape index (κ3) is 9.24. The monoisotopic (exact) mass is 711 g/mol. The molecule has 2 N–H and O–H groups in total. The molecule has 0 unspecified atom stereocenters. The number of halogens is 5. The second-order valence-corrected chi connectivity index (χ2v) is 11.3. The molecule has 47 heavy (non-hydrogen) atoms. The van der Waals surface area contributed by atoms with Crippen LogP contribution in [-0.2, 0) is 17.5 Å². The lowest BCUT2D eigenvalue weighted by molar-refractivity contribution is -0.137. The minimum absolute atomic E-state index is 0.0502. The average Bonchev–Trinajstić information content (AvgIpc) is 3.43. The van der Waals surface area contributed by atoms with Crippen LogP contribution in [-0.4, -0.2) is 52.2 Å². The molecule has 0 fully saturated rings. The van der Waals surface area contributed by atoms with Gasteiger partial charge >= 0.3 is 6.18 Å². The summed E-state index contributed by atoms with van der Waals surface area (Å²) in [5, 5.41) is 14.3. The van der Waals surface area contributed by atoms with E-state index in [9.17, 15) is 22.8 Å². The Bertz CT molecular complexity index is 1710. The fraction of sp³-hybridized carbons (Fsp3) is 0.290. The molecule has 3 aromatic carbocycles. The number of hydrogen-bond donors (Lipinski definition) is 2. The van der Waals surface area contributed by atoms with Gasteiger partial charge in [-0.2, -0.15) is 13.2 Å². The number of carbonyl (C=O) groups is 2. The van der Waals surface area contributed by atoms with Crippen molar-refractivity contribution in [1.29, 1.82) is 0 Å². The molecule has 0 aliphatic carbocycles. The molecule has 0 saturated heterocycles. The van der Waals surface area contributed by atoms with Crippen molar-refractivity contribution in [2.24, 2.45) is 0 Å². The number of amides is 2. The molecule has 0 aliphatic heterocycles. The van der Waals surface area contributed by atoms with Gasteiger partial charge in [-0.05, 0) is 69.3 Å². The number of carbonyl (C=O) groups excluding carboxylic acids is 2. The summed E-state index contributed by atoms with van der Waals surface area (Å²) in [5.74, 6) is 0.0934. The van der Waals surface area contributed by atoms with Crippen LogP contribution in [0.3, 0.4) is 0 Å². The van der Waals surface area contributed by atoms with Crippen molar-refractivity contribution in [3.63, 3.8) is 0 Å². The van der Waals surface area contributed by atoms with Gasteiger partial charge in [-0.25, -0.2) is 0 Å². The van der Waals surface area contributed by atoms with Crippen molar-refractivity contribution < 1.29 is 37.0 Å². The number of benzene rings is 3. The Labute approximate surface area is 282 Å². The Kier molecular flexibility index (Phi) is 12.2. The first-order valence-corrected chi connectivity index (χ1v) is 16.0. The van der Waals surface area contributed by atoms with Crippen molar-refractivity contribution in [3.8, 4) is 22.9 Å². The molecule has 0 spiro atoms. The molecule has 0 aliphatic rings. The van der Waals surface area contributed by atoms with E-state index in [0.717, 1.165) is 30.0 Å². The third-order valence-electron chi connectivity index (χ3n) is 6.25. The molecule has 0 atom stereocenters. The molecule has 10 nitrogen and oxygen atoms in total. The zero-order valence-corrected chi connectivity index (χ0v) is 27.7. The Morgan fingerprint density at radius 3 is 2.21 bits per heavy atom. The maximum atomic E-state index is 13.3. The van der Waals surface area contributed by atoms with Gasteiger partial charge in [-0.15, -0.1) is 10.2 Å². The number of rotatable bonds is 14. The van der Waals surface area contributed by atoms with Gasteiger partial charge in [-0.1, -0.05) is 41.0 Å². The molecule has 250 valence electrons. The van der Waals surface area contributed by atoms with Crippen LogP contribution in [0, 0.1) is 0 Å². The molecule has 0 radical (unpaired) electrons. The molecule has 2 amide bonds. The number of anilines is 1. The highest BCUT2D eigenvalue weighted by atomic mass is 35.5. The van der Waals surface area contributed by atoms with E-state index >= 15 is 0 Å². The van der Waals surface area contributed by atoms with Crippen LogP contribution < -0.4 is 24.8 Å². The summed E-state index contributed by atoms with van der Waals surface area (Å²) in [6, 6.07) is 12.5. The maximum Gasteiger partial charge on any atom is 0.416 e. The summed E-state index contributed by atoms with van der Waals surface area (Å²) >= 11 is 13.2. The van der Waals surface area contributed by atoms with Crippen LogP contribution in [0.25, 0.3) is 5.69 Å². The van der Waals surface area contributed by atoms with Gasteiger partial charge in [0.25, 0.3) is 5.91 Å². The lowest BCUT2D eigenvalue weighted by Gasteiger charge is -2.17. The van der Waals surface area contributed by atoms with Crippen molar-refractivity contribution in [2.75, 3.05) is 30.9 Å². The maximum absolute atomic E-state index is 13.3. The fourth-order valence-electron chi connectivity index (χ4n) is 4.28. The van der Waals surface area contributed by atoms with Crippen molar-refractivity contribution in [1.82, 2.24) is 20.1 Å². The normalized spacial score (nSPS) is 11.2. The number of thioether (sulfide) groups is 1. The summed E-state index contributed by atoms with van der Waals surface area (Å²) in [4.78, 5) is 26.1. The SMILES string of the molecule is CCOc1cc(C(=O)NCc2nnc(SCC(=O)Nc3cc(C(F)(F)F)ccc3Cl)n2-c2cccc(Cl)c2)cc(OCC)c1OCC. The Balaban J connectivity index is 1.55. The Morgan fingerprint density at radius 2 is 1.60 bits per heavy atom. The van der Waals surface area contributed by atoms with Gasteiger partial charge in [0.15, 0.2) is 22.5 Å². The number of aromatic nitrogens is 3. The molecule has 4 rings (SSSR count). The smallest absolute Gasteiger partial charge is 0.416 e. The molecular weight excluding hydrogens is 682 g/mol. The summed E-state index contributed by atoms with van der Waals surface area (Å²) in [7, 11) is 0. The van der Waals surface area contributed by atoms with E-state index in [1.807, 2.05) is 20.8 Å². The first-order chi connectivity index (χ1) is 22.4. The van der Waals surface area contributed by atoms with E-state index in [4.69, 9.17) is 37.4 Å². The Morgan fingerprint density at radius 1 is 0.915 bits per heavy atom. The molecule has 16 heteroatoms. The largest absolute Gasteiger partial charge is 0.490 e. The summed E-state index contributed by atoms with van der Waals surface area (Å²) < 4.78 is 58.2. The Hall–Kier alpha value is -4.14. The van der Waals surface area contributed by atoms with Gasteiger partial charge in [0.2, 0.25) is 11.7 Å². The van der Waals surface area contributed by atoms with Crippen molar-refractivity contribution in [3.05, 3.63) is 81.6 Å². The number of nitrogens with zero attached hydrogens (tertiary/aromatic N) is 3. The first-order valence-electron chi connectivity index (χ1n) is 14.3. The van der Waals surface area contributed by atoms with Crippen LogP contribution in [0.2, 0.25) is 10.0 Å². The second-order valence-electron chi connectivity index (χ2n) is 9.53. The van der Waals surface area contributed by atoms with E-state index in [0.29, 0.717) is 53.6 Å². The molecule has 1 aromatic heterocycles. The molecule has 1 heterocycles. The zero-order chi connectivity index (χ0) is 34.1. The van der Waals surface area contributed by atoms with Crippen molar-refractivity contribution >= 4 is 52.5 Å². The number of alkyl halides is 3.